The van der Waals surface area contributed by atoms with E-state index >= 15 is 0 Å². The third-order valence-corrected chi connectivity index (χ3v) is 7.40. The van der Waals surface area contributed by atoms with Crippen LogP contribution in [0.25, 0.3) is 0 Å². The molecule has 1 fully saturated rings. The summed E-state index contributed by atoms with van der Waals surface area (Å²) in [7, 11) is 0. The molecule has 3 aromatic carbocycles. The minimum absolute atomic E-state index is 0.0839. The zero-order chi connectivity index (χ0) is 29.3. The highest BCUT2D eigenvalue weighted by Crippen LogP contribution is 2.30. The van der Waals surface area contributed by atoms with Crippen LogP contribution >= 0.6 is 0 Å². The van der Waals surface area contributed by atoms with Gasteiger partial charge in [-0.2, -0.15) is 0 Å². The molecule has 1 aliphatic rings. The summed E-state index contributed by atoms with van der Waals surface area (Å²) in [6.07, 6.45) is 1.47. The summed E-state index contributed by atoms with van der Waals surface area (Å²) in [5.41, 5.74) is 3.12. The van der Waals surface area contributed by atoms with Crippen molar-refractivity contribution < 1.29 is 28.2 Å². The number of amides is 1. The number of carbonyl (C=O) groups excluding carboxylic acids is 2. The number of benzene rings is 3. The van der Waals surface area contributed by atoms with Gasteiger partial charge in [0.25, 0.3) is 0 Å². The summed E-state index contributed by atoms with van der Waals surface area (Å²) in [5, 5.41) is 0. The van der Waals surface area contributed by atoms with Crippen molar-refractivity contribution in [2.45, 2.75) is 33.1 Å². The Morgan fingerprint density at radius 3 is 2.33 bits per heavy atom. The van der Waals surface area contributed by atoms with Crippen molar-refractivity contribution >= 4 is 12.1 Å². The number of nitrogens with zero attached hydrogens (tertiary/aromatic N) is 2. The first kappa shape index (κ1) is 28.9. The van der Waals surface area contributed by atoms with Gasteiger partial charge in [0.15, 0.2) is 5.89 Å². The van der Waals surface area contributed by atoms with Crippen LogP contribution in [0.15, 0.2) is 89.3 Å². The number of esters is 1. The monoisotopic (exact) mass is 568 g/mol. The van der Waals surface area contributed by atoms with Crippen molar-refractivity contribution in [2.24, 2.45) is 11.8 Å². The number of rotatable bonds is 11. The Kier molecular flexibility index (Phi) is 9.54. The van der Waals surface area contributed by atoms with E-state index in [0.717, 1.165) is 28.3 Å². The summed E-state index contributed by atoms with van der Waals surface area (Å²) in [6.45, 7) is 5.17. The molecule has 4 aromatic rings. The Labute approximate surface area is 246 Å². The zero-order valence-electron chi connectivity index (χ0n) is 24.0. The topological polar surface area (TPSA) is 91.1 Å². The van der Waals surface area contributed by atoms with E-state index in [2.05, 4.69) is 17.1 Å². The van der Waals surface area contributed by atoms with Gasteiger partial charge >= 0.3 is 12.1 Å². The van der Waals surface area contributed by atoms with Crippen LogP contribution in [-0.4, -0.2) is 48.2 Å². The maximum absolute atomic E-state index is 12.8. The zero-order valence-corrected chi connectivity index (χ0v) is 24.0. The van der Waals surface area contributed by atoms with Gasteiger partial charge in [0.05, 0.1) is 24.8 Å². The number of hydrogen-bond acceptors (Lipinski definition) is 7. The number of hydrogen-bond donors (Lipinski definition) is 0. The number of ether oxygens (including phenoxy) is 3. The lowest BCUT2D eigenvalue weighted by molar-refractivity contribution is -0.148. The third-order valence-electron chi connectivity index (χ3n) is 7.40. The van der Waals surface area contributed by atoms with Crippen LogP contribution in [-0.2, 0) is 28.8 Å². The Bertz CT molecular complexity index is 1450. The van der Waals surface area contributed by atoms with Crippen LogP contribution in [0.2, 0.25) is 0 Å². The molecule has 0 spiro atoms. The van der Waals surface area contributed by atoms with Gasteiger partial charge in [0.2, 0.25) is 0 Å². The molecule has 8 nitrogen and oxygen atoms in total. The molecule has 0 aliphatic carbocycles. The second-order valence-electron chi connectivity index (χ2n) is 10.4. The summed E-state index contributed by atoms with van der Waals surface area (Å²) >= 11 is 0. The molecule has 0 bridgehead atoms. The lowest BCUT2D eigenvalue weighted by atomic mass is 9.90. The van der Waals surface area contributed by atoms with Crippen LogP contribution in [0.3, 0.4) is 0 Å². The maximum Gasteiger partial charge on any atom is 0.415 e. The van der Waals surface area contributed by atoms with Crippen molar-refractivity contribution in [1.29, 1.82) is 0 Å². The van der Waals surface area contributed by atoms with Crippen LogP contribution < -0.4 is 9.47 Å². The largest absolute Gasteiger partial charge is 0.493 e. The predicted octanol–water partition coefficient (Wildman–Crippen LogP) is 6.05. The molecule has 1 amide bonds. The first-order valence-electron chi connectivity index (χ1n) is 14.4. The third kappa shape index (κ3) is 7.57. The Hall–Kier alpha value is -4.59. The van der Waals surface area contributed by atoms with Crippen LogP contribution in [0.1, 0.15) is 35.4 Å². The second-order valence-corrected chi connectivity index (χ2v) is 10.4. The SMILES string of the molecule is CCOC(=O)[C@H]1CN(C(=O)Oc2ccccc2)C[C@H]1Cc1ccc(OCCc2nc(Cc3ccccc3)oc2C)cc1. The van der Waals surface area contributed by atoms with Crippen molar-refractivity contribution in [3.63, 3.8) is 0 Å². The summed E-state index contributed by atoms with van der Waals surface area (Å²) in [4.78, 5) is 31.8. The fourth-order valence-electron chi connectivity index (χ4n) is 5.25. The van der Waals surface area contributed by atoms with Crippen LogP contribution in [0.5, 0.6) is 11.5 Å². The van der Waals surface area contributed by atoms with Crippen molar-refractivity contribution in [2.75, 3.05) is 26.3 Å². The Morgan fingerprint density at radius 1 is 0.905 bits per heavy atom. The lowest BCUT2D eigenvalue weighted by Gasteiger charge is -2.17. The van der Waals surface area contributed by atoms with Crippen molar-refractivity contribution in [1.82, 2.24) is 9.88 Å². The van der Waals surface area contributed by atoms with Gasteiger partial charge in [-0.1, -0.05) is 60.7 Å². The molecule has 5 rings (SSSR count). The smallest absolute Gasteiger partial charge is 0.415 e. The molecular weight excluding hydrogens is 532 g/mol. The lowest BCUT2D eigenvalue weighted by Crippen LogP contribution is -2.32. The molecule has 218 valence electrons. The highest BCUT2D eigenvalue weighted by atomic mass is 16.6. The molecule has 0 radical (unpaired) electrons. The minimum Gasteiger partial charge on any atom is -0.493 e. The van der Waals surface area contributed by atoms with E-state index in [0.29, 0.717) is 50.7 Å². The average Bonchev–Trinajstić information content (AvgIpc) is 3.58. The normalized spacial score (nSPS) is 16.3. The summed E-state index contributed by atoms with van der Waals surface area (Å²) in [6, 6.07) is 26.9. The fourth-order valence-corrected chi connectivity index (χ4v) is 5.25. The number of para-hydroxylation sites is 1. The van der Waals surface area contributed by atoms with Gasteiger partial charge < -0.3 is 23.5 Å². The van der Waals surface area contributed by atoms with Crippen LogP contribution in [0, 0.1) is 18.8 Å². The molecule has 8 heteroatoms. The van der Waals surface area contributed by atoms with Crippen molar-refractivity contribution in [3.8, 4) is 11.5 Å². The highest BCUT2D eigenvalue weighted by Gasteiger charge is 2.41. The molecule has 0 N–H and O–H groups in total. The van der Waals surface area contributed by atoms with Crippen LogP contribution in [0.4, 0.5) is 4.79 Å². The number of likely N-dealkylation sites (tertiary alicyclic amines) is 1. The predicted molar refractivity (Wildman–Crippen MR) is 157 cm³/mol. The molecular formula is C34H36N2O6. The number of carbonyl (C=O) groups is 2. The molecule has 2 atom stereocenters. The average molecular weight is 569 g/mol. The Balaban J connectivity index is 1.14. The van der Waals surface area contributed by atoms with Gasteiger partial charge in [-0.15, -0.1) is 0 Å². The fraction of sp³-hybridized carbons (Fsp3) is 0.324. The van der Waals surface area contributed by atoms with Gasteiger partial charge in [-0.05, 0) is 61.6 Å². The van der Waals surface area contributed by atoms with E-state index in [-0.39, 0.29) is 18.4 Å². The molecule has 42 heavy (non-hydrogen) atoms. The van der Waals surface area contributed by atoms with E-state index in [1.807, 2.05) is 67.6 Å². The molecule has 0 saturated carbocycles. The molecule has 1 saturated heterocycles. The highest BCUT2D eigenvalue weighted by molar-refractivity contribution is 5.77. The van der Waals surface area contributed by atoms with Gasteiger partial charge in [0, 0.05) is 25.9 Å². The van der Waals surface area contributed by atoms with E-state index in [4.69, 9.17) is 18.6 Å². The maximum atomic E-state index is 12.8. The second kappa shape index (κ2) is 13.9. The standard InChI is InChI=1S/C34H36N2O6/c1-3-39-33(37)30-23-36(34(38)42-29-12-8-5-9-13-29)22-27(30)20-26-14-16-28(17-15-26)40-19-18-31-24(2)41-32(35-31)21-25-10-6-4-7-11-25/h4-17,27,30H,3,18-23H2,1-2H3/t27-,30+/m1/s1. The quantitative estimate of drug-likeness (QED) is 0.204. The number of aromatic nitrogens is 1. The van der Waals surface area contributed by atoms with Gasteiger partial charge in [-0.3, -0.25) is 4.79 Å². The van der Waals surface area contributed by atoms with E-state index in [9.17, 15) is 9.59 Å². The number of aryl methyl sites for hydroxylation is 1. The van der Waals surface area contributed by atoms with E-state index in [1.165, 1.54) is 0 Å². The first-order valence-corrected chi connectivity index (χ1v) is 14.4. The number of oxazole rings is 1. The van der Waals surface area contributed by atoms with E-state index in [1.54, 1.807) is 24.0 Å². The molecule has 1 aliphatic heterocycles. The minimum atomic E-state index is -0.462. The van der Waals surface area contributed by atoms with Crippen molar-refractivity contribution in [3.05, 3.63) is 113 Å². The van der Waals surface area contributed by atoms with Gasteiger partial charge in [-0.25, -0.2) is 9.78 Å². The molecule has 2 heterocycles. The summed E-state index contributed by atoms with van der Waals surface area (Å²) in [5.74, 6) is 1.97. The Morgan fingerprint density at radius 2 is 1.62 bits per heavy atom. The van der Waals surface area contributed by atoms with Gasteiger partial charge in [0.1, 0.15) is 17.3 Å². The molecule has 0 unspecified atom stereocenters. The first-order chi connectivity index (χ1) is 20.5. The summed E-state index contributed by atoms with van der Waals surface area (Å²) < 4.78 is 22.7. The molecule has 1 aromatic heterocycles. The van der Waals surface area contributed by atoms with E-state index < -0.39 is 12.0 Å².